The van der Waals surface area contributed by atoms with E-state index in [1.165, 1.54) is 12.8 Å². The molecule has 0 radical (unpaired) electrons. The third kappa shape index (κ3) is 1.95. The molecule has 0 heterocycles. The summed E-state index contributed by atoms with van der Waals surface area (Å²) in [6.45, 7) is 2.06. The van der Waals surface area contributed by atoms with Gasteiger partial charge in [-0.15, -0.1) is 0 Å². The van der Waals surface area contributed by atoms with Gasteiger partial charge in [0, 0.05) is 12.6 Å². The van der Waals surface area contributed by atoms with Gasteiger partial charge in [-0.2, -0.15) is 0 Å². The monoisotopic (exact) mass is 129 g/mol. The van der Waals surface area contributed by atoms with Gasteiger partial charge in [0.2, 0.25) is 0 Å². The molecule has 1 fully saturated rings. The Labute approximate surface area is 56.4 Å². The van der Waals surface area contributed by atoms with Crippen LogP contribution in [-0.2, 0) is 4.74 Å². The molecule has 0 aromatic heterocycles. The van der Waals surface area contributed by atoms with Crippen molar-refractivity contribution in [3.63, 3.8) is 0 Å². The first kappa shape index (κ1) is 7.03. The number of methoxy groups -OCH3 is 1. The van der Waals surface area contributed by atoms with Crippen molar-refractivity contribution in [2.75, 3.05) is 7.11 Å². The van der Waals surface area contributed by atoms with Crippen LogP contribution >= 0.6 is 0 Å². The van der Waals surface area contributed by atoms with E-state index in [1.807, 2.05) is 0 Å². The topological polar surface area (TPSA) is 35.2 Å². The molecular formula is C7H15NO. The highest BCUT2D eigenvalue weighted by Crippen LogP contribution is 2.36. The van der Waals surface area contributed by atoms with Crippen LogP contribution in [0, 0.1) is 0 Å². The van der Waals surface area contributed by atoms with Crippen LogP contribution in [0.5, 0.6) is 0 Å². The van der Waals surface area contributed by atoms with E-state index in [0.717, 1.165) is 6.42 Å². The lowest BCUT2D eigenvalue weighted by Gasteiger charge is -2.13. The average molecular weight is 129 g/mol. The minimum absolute atomic E-state index is 0.148. The van der Waals surface area contributed by atoms with E-state index in [0.29, 0.717) is 6.10 Å². The lowest BCUT2D eigenvalue weighted by Crippen LogP contribution is -2.27. The standard InChI is InChI=1S/C7H15NO/c1-6(9-2)5-7(8)3-4-7/h6H,3-5,8H2,1-2H3. The van der Waals surface area contributed by atoms with Crippen LogP contribution in [0.1, 0.15) is 26.2 Å². The van der Waals surface area contributed by atoms with E-state index >= 15 is 0 Å². The number of nitrogens with two attached hydrogens (primary N) is 1. The maximum Gasteiger partial charge on any atom is 0.0560 e. The number of hydrogen-bond donors (Lipinski definition) is 1. The molecule has 2 nitrogen and oxygen atoms in total. The maximum atomic E-state index is 5.84. The Morgan fingerprint density at radius 2 is 2.22 bits per heavy atom. The van der Waals surface area contributed by atoms with Gasteiger partial charge in [-0.3, -0.25) is 0 Å². The Hall–Kier alpha value is -0.0800. The normalized spacial score (nSPS) is 25.7. The molecule has 1 aliphatic carbocycles. The van der Waals surface area contributed by atoms with Crippen molar-refractivity contribution in [1.82, 2.24) is 0 Å². The molecule has 1 saturated carbocycles. The summed E-state index contributed by atoms with van der Waals surface area (Å²) in [6, 6.07) is 0. The SMILES string of the molecule is COC(C)CC1(N)CC1. The van der Waals surface area contributed by atoms with Gasteiger partial charge >= 0.3 is 0 Å². The molecule has 0 spiro atoms. The Balaban J connectivity index is 2.17. The van der Waals surface area contributed by atoms with Crippen LogP contribution < -0.4 is 5.73 Å². The van der Waals surface area contributed by atoms with E-state index in [9.17, 15) is 0 Å². The summed E-state index contributed by atoms with van der Waals surface area (Å²) >= 11 is 0. The number of ether oxygens (including phenoxy) is 1. The summed E-state index contributed by atoms with van der Waals surface area (Å²) < 4.78 is 5.09. The zero-order valence-electron chi connectivity index (χ0n) is 6.18. The fourth-order valence-electron chi connectivity index (χ4n) is 1.02. The highest BCUT2D eigenvalue weighted by atomic mass is 16.5. The van der Waals surface area contributed by atoms with Gasteiger partial charge in [0.1, 0.15) is 0 Å². The second-order valence-electron chi connectivity index (χ2n) is 3.11. The van der Waals surface area contributed by atoms with Crippen molar-refractivity contribution in [3.05, 3.63) is 0 Å². The minimum Gasteiger partial charge on any atom is -0.382 e. The van der Waals surface area contributed by atoms with Crippen molar-refractivity contribution < 1.29 is 4.74 Å². The fourth-order valence-corrected chi connectivity index (χ4v) is 1.02. The van der Waals surface area contributed by atoms with E-state index in [4.69, 9.17) is 10.5 Å². The Morgan fingerprint density at radius 1 is 1.67 bits per heavy atom. The predicted molar refractivity (Wildman–Crippen MR) is 37.2 cm³/mol. The summed E-state index contributed by atoms with van der Waals surface area (Å²) in [7, 11) is 1.73. The van der Waals surface area contributed by atoms with Crippen molar-refractivity contribution >= 4 is 0 Å². The fraction of sp³-hybridized carbons (Fsp3) is 1.00. The van der Waals surface area contributed by atoms with E-state index < -0.39 is 0 Å². The maximum absolute atomic E-state index is 5.84. The summed E-state index contributed by atoms with van der Waals surface area (Å²) in [5.41, 5.74) is 5.99. The van der Waals surface area contributed by atoms with Crippen LogP contribution in [0.4, 0.5) is 0 Å². The van der Waals surface area contributed by atoms with Gasteiger partial charge in [-0.1, -0.05) is 0 Å². The zero-order valence-corrected chi connectivity index (χ0v) is 6.18. The van der Waals surface area contributed by atoms with Gasteiger partial charge in [0.05, 0.1) is 6.10 Å². The average Bonchev–Trinajstić information content (AvgIpc) is 2.48. The molecule has 54 valence electrons. The molecule has 0 aromatic carbocycles. The van der Waals surface area contributed by atoms with Gasteiger partial charge < -0.3 is 10.5 Å². The first-order valence-corrected chi connectivity index (χ1v) is 3.48. The van der Waals surface area contributed by atoms with E-state index in [1.54, 1.807) is 7.11 Å². The van der Waals surface area contributed by atoms with Crippen LogP contribution in [0.25, 0.3) is 0 Å². The quantitative estimate of drug-likeness (QED) is 0.614. The minimum atomic E-state index is 0.148. The van der Waals surface area contributed by atoms with E-state index in [-0.39, 0.29) is 5.54 Å². The summed E-state index contributed by atoms with van der Waals surface area (Å²) in [5, 5.41) is 0. The smallest absolute Gasteiger partial charge is 0.0560 e. The third-order valence-corrected chi connectivity index (χ3v) is 1.99. The van der Waals surface area contributed by atoms with Crippen LogP contribution in [-0.4, -0.2) is 18.8 Å². The molecule has 2 N–H and O–H groups in total. The Bertz CT molecular complexity index is 99.1. The van der Waals surface area contributed by atoms with Crippen molar-refractivity contribution in [3.8, 4) is 0 Å². The van der Waals surface area contributed by atoms with Crippen LogP contribution in [0.15, 0.2) is 0 Å². The molecule has 1 atom stereocenters. The lowest BCUT2D eigenvalue weighted by molar-refractivity contribution is 0.102. The lowest BCUT2D eigenvalue weighted by atomic mass is 10.1. The number of hydrogen-bond acceptors (Lipinski definition) is 2. The molecule has 0 aliphatic heterocycles. The Morgan fingerprint density at radius 3 is 2.56 bits per heavy atom. The van der Waals surface area contributed by atoms with Gasteiger partial charge in [-0.25, -0.2) is 0 Å². The van der Waals surface area contributed by atoms with Crippen molar-refractivity contribution in [2.45, 2.75) is 37.8 Å². The summed E-state index contributed by atoms with van der Waals surface area (Å²) in [4.78, 5) is 0. The summed E-state index contributed by atoms with van der Waals surface area (Å²) in [5.74, 6) is 0. The largest absolute Gasteiger partial charge is 0.382 e. The molecule has 1 unspecified atom stereocenters. The number of rotatable bonds is 3. The molecule has 1 rings (SSSR count). The molecule has 1 aliphatic rings. The highest BCUT2D eigenvalue weighted by molar-refractivity contribution is 4.99. The molecular weight excluding hydrogens is 114 g/mol. The van der Waals surface area contributed by atoms with Crippen molar-refractivity contribution in [1.29, 1.82) is 0 Å². The first-order valence-electron chi connectivity index (χ1n) is 3.48. The molecule has 2 heteroatoms. The van der Waals surface area contributed by atoms with Crippen LogP contribution in [0.3, 0.4) is 0 Å². The molecule has 9 heavy (non-hydrogen) atoms. The summed E-state index contributed by atoms with van der Waals surface area (Å²) in [6.07, 6.45) is 3.71. The Kier molecular flexibility index (Phi) is 1.78. The molecule has 0 bridgehead atoms. The zero-order chi connectivity index (χ0) is 6.91. The highest BCUT2D eigenvalue weighted by Gasteiger charge is 2.39. The third-order valence-electron chi connectivity index (χ3n) is 1.99. The van der Waals surface area contributed by atoms with Gasteiger partial charge in [-0.05, 0) is 26.2 Å². The molecule has 0 aromatic rings. The predicted octanol–water partition coefficient (Wildman–Crippen LogP) is 0.903. The van der Waals surface area contributed by atoms with Crippen LogP contribution in [0.2, 0.25) is 0 Å². The molecule has 0 amide bonds. The van der Waals surface area contributed by atoms with Gasteiger partial charge in [0.15, 0.2) is 0 Å². The van der Waals surface area contributed by atoms with E-state index in [2.05, 4.69) is 6.92 Å². The second-order valence-corrected chi connectivity index (χ2v) is 3.11. The molecule has 0 saturated heterocycles. The van der Waals surface area contributed by atoms with Gasteiger partial charge in [0.25, 0.3) is 0 Å². The van der Waals surface area contributed by atoms with Crippen molar-refractivity contribution in [2.24, 2.45) is 5.73 Å². The second kappa shape index (κ2) is 2.27. The first-order chi connectivity index (χ1) is 4.16.